The Bertz CT molecular complexity index is 1440. The standard InChI is InChI=1S/C40H73N7O14/c1-11-39(8,29(48)16-20-58-23-24-59-22-19-43-35(55)57-10)44-25-30(49)40(9,12-2)46-28(33(52)47-38(6,7)17-21-61-37(3,4)5)26-60-36(56)42-18-15-32(51)45-27(34(53)54)13-14-31(41)50/h27-28,44,46H,11-26H2,1-10H3,(H2,41,50)(H,42,56)(H,43,55)(H,45,51)(H,47,52)(H,53,54)/t27-,28-,39?,40?/m0/s1. The molecule has 0 saturated carbocycles. The van der Waals surface area contributed by atoms with E-state index in [2.05, 4.69) is 36.6 Å². The molecule has 0 aromatic rings. The Kier molecular flexibility index (Phi) is 26.2. The molecule has 352 valence electrons. The van der Waals surface area contributed by atoms with Gasteiger partial charge in [0, 0.05) is 44.5 Å². The van der Waals surface area contributed by atoms with Gasteiger partial charge < -0.3 is 55.8 Å². The highest BCUT2D eigenvalue weighted by molar-refractivity contribution is 5.93. The van der Waals surface area contributed by atoms with Crippen LogP contribution in [0.1, 0.15) is 107 Å². The summed E-state index contributed by atoms with van der Waals surface area (Å²) in [5, 5.41) is 25.6. The van der Waals surface area contributed by atoms with E-state index in [1.807, 2.05) is 27.7 Å². The van der Waals surface area contributed by atoms with Crippen LogP contribution in [-0.4, -0.2) is 153 Å². The van der Waals surface area contributed by atoms with Gasteiger partial charge in [-0.15, -0.1) is 0 Å². The molecular weight excluding hydrogens is 802 g/mol. The number of ether oxygens (including phenoxy) is 5. The number of hydrogen-bond donors (Lipinski definition) is 8. The van der Waals surface area contributed by atoms with Crippen LogP contribution in [0.25, 0.3) is 0 Å². The van der Waals surface area contributed by atoms with Crippen molar-refractivity contribution in [3.63, 3.8) is 0 Å². The van der Waals surface area contributed by atoms with Crippen LogP contribution in [0.5, 0.6) is 0 Å². The van der Waals surface area contributed by atoms with E-state index in [-0.39, 0.29) is 89.7 Å². The highest BCUT2D eigenvalue weighted by atomic mass is 16.6. The maximum absolute atomic E-state index is 13.9. The fraction of sp³-hybridized carbons (Fsp3) is 0.800. The van der Waals surface area contributed by atoms with E-state index < -0.39 is 76.8 Å². The first-order valence-electron chi connectivity index (χ1n) is 20.6. The largest absolute Gasteiger partial charge is 0.480 e. The van der Waals surface area contributed by atoms with Crippen molar-refractivity contribution in [3.05, 3.63) is 0 Å². The number of amides is 5. The summed E-state index contributed by atoms with van der Waals surface area (Å²) < 4.78 is 26.6. The maximum Gasteiger partial charge on any atom is 0.407 e. The molecule has 0 aliphatic rings. The predicted octanol–water partition coefficient (Wildman–Crippen LogP) is 0.840. The Labute approximate surface area is 359 Å². The van der Waals surface area contributed by atoms with Crippen molar-refractivity contribution < 1.29 is 67.1 Å². The zero-order valence-corrected chi connectivity index (χ0v) is 37.8. The van der Waals surface area contributed by atoms with Crippen molar-refractivity contribution in [1.29, 1.82) is 0 Å². The summed E-state index contributed by atoms with van der Waals surface area (Å²) in [5.74, 6) is -3.89. The third-order valence-electron chi connectivity index (χ3n) is 9.68. The number of hydrogen-bond acceptors (Lipinski definition) is 15. The van der Waals surface area contributed by atoms with Gasteiger partial charge in [0.05, 0.1) is 56.8 Å². The Morgan fingerprint density at radius 1 is 0.705 bits per heavy atom. The molecule has 0 aliphatic carbocycles. The minimum absolute atomic E-state index is 0.0709. The molecular formula is C40H73N7O14. The number of aliphatic carboxylic acids is 1. The molecule has 0 radical (unpaired) electrons. The van der Waals surface area contributed by atoms with Gasteiger partial charge in [0.1, 0.15) is 18.7 Å². The summed E-state index contributed by atoms with van der Waals surface area (Å²) in [5.41, 5.74) is 1.48. The molecule has 0 aromatic heterocycles. The lowest BCUT2D eigenvalue weighted by Crippen LogP contribution is -2.63. The monoisotopic (exact) mass is 876 g/mol. The van der Waals surface area contributed by atoms with Crippen molar-refractivity contribution in [1.82, 2.24) is 31.9 Å². The first kappa shape index (κ1) is 56.6. The Hall–Kier alpha value is -4.44. The first-order chi connectivity index (χ1) is 28.3. The van der Waals surface area contributed by atoms with Crippen molar-refractivity contribution >= 4 is 47.4 Å². The Balaban J connectivity index is 5.63. The number of carbonyl (C=O) groups is 8. The van der Waals surface area contributed by atoms with E-state index >= 15 is 0 Å². The number of primary amides is 1. The van der Waals surface area contributed by atoms with Gasteiger partial charge in [0.25, 0.3) is 0 Å². The molecule has 0 rings (SSSR count). The van der Waals surface area contributed by atoms with Gasteiger partial charge in [-0.25, -0.2) is 14.4 Å². The van der Waals surface area contributed by atoms with Gasteiger partial charge in [-0.2, -0.15) is 0 Å². The van der Waals surface area contributed by atoms with Crippen LogP contribution in [0.4, 0.5) is 9.59 Å². The molecule has 21 nitrogen and oxygen atoms in total. The number of nitrogens with one attached hydrogen (secondary N) is 6. The van der Waals surface area contributed by atoms with E-state index in [1.54, 1.807) is 34.6 Å². The topological polar surface area (TPSA) is 301 Å². The normalized spacial score (nSPS) is 14.6. The number of alkyl carbamates (subject to hydrolysis) is 2. The number of nitrogens with two attached hydrogens (primary N) is 1. The van der Waals surface area contributed by atoms with Gasteiger partial charge in [-0.1, -0.05) is 13.8 Å². The van der Waals surface area contributed by atoms with E-state index in [9.17, 15) is 43.5 Å². The van der Waals surface area contributed by atoms with Gasteiger partial charge in [-0.3, -0.25) is 34.6 Å². The van der Waals surface area contributed by atoms with Crippen LogP contribution in [0.15, 0.2) is 0 Å². The summed E-state index contributed by atoms with van der Waals surface area (Å²) in [6.07, 6.45) is -1.24. The number of carboxylic acids is 1. The van der Waals surface area contributed by atoms with Crippen LogP contribution in [-0.2, 0) is 52.5 Å². The van der Waals surface area contributed by atoms with Crippen LogP contribution in [0, 0.1) is 0 Å². The maximum atomic E-state index is 13.9. The minimum Gasteiger partial charge on any atom is -0.480 e. The molecule has 0 heterocycles. The van der Waals surface area contributed by atoms with Gasteiger partial charge in [0.15, 0.2) is 11.6 Å². The first-order valence-corrected chi connectivity index (χ1v) is 20.6. The second-order valence-corrected chi connectivity index (χ2v) is 16.5. The highest BCUT2D eigenvalue weighted by Crippen LogP contribution is 2.18. The van der Waals surface area contributed by atoms with Gasteiger partial charge >= 0.3 is 18.2 Å². The van der Waals surface area contributed by atoms with Crippen molar-refractivity contribution in [2.24, 2.45) is 5.73 Å². The fourth-order valence-electron chi connectivity index (χ4n) is 5.29. The summed E-state index contributed by atoms with van der Waals surface area (Å²) in [6.45, 7) is 16.7. The molecule has 4 atom stereocenters. The minimum atomic E-state index is -1.35. The van der Waals surface area contributed by atoms with Crippen LogP contribution < -0.4 is 37.6 Å². The number of methoxy groups -OCH3 is 1. The lowest BCUT2D eigenvalue weighted by molar-refractivity contribution is -0.142. The second-order valence-electron chi connectivity index (χ2n) is 16.5. The average Bonchev–Trinajstić information content (AvgIpc) is 3.17. The molecule has 0 spiro atoms. The number of rotatable bonds is 33. The Morgan fingerprint density at radius 3 is 1.87 bits per heavy atom. The summed E-state index contributed by atoms with van der Waals surface area (Å²) >= 11 is 0. The average molecular weight is 876 g/mol. The zero-order chi connectivity index (χ0) is 46.9. The SMILES string of the molecule is CCC(C)(NCC(=O)C(C)(CC)N[C@@H](COC(=O)NCCC(=O)N[C@@H](CCC(N)=O)C(=O)O)C(=O)NC(C)(C)CCOC(C)(C)C)C(=O)CCOCCOCCNC(=O)OC. The van der Waals surface area contributed by atoms with E-state index in [0.29, 0.717) is 19.4 Å². The molecule has 21 heteroatoms. The molecule has 0 saturated heterocycles. The third-order valence-corrected chi connectivity index (χ3v) is 9.68. The predicted molar refractivity (Wildman–Crippen MR) is 224 cm³/mol. The third kappa shape index (κ3) is 25.2. The molecule has 0 aliphatic heterocycles. The summed E-state index contributed by atoms with van der Waals surface area (Å²) in [7, 11) is 1.26. The van der Waals surface area contributed by atoms with Crippen LogP contribution in [0.2, 0.25) is 0 Å². The van der Waals surface area contributed by atoms with Crippen LogP contribution >= 0.6 is 0 Å². The van der Waals surface area contributed by atoms with E-state index in [4.69, 9.17) is 24.7 Å². The number of carboxylic acid groups (broad SMARTS) is 1. The molecule has 61 heavy (non-hydrogen) atoms. The summed E-state index contributed by atoms with van der Waals surface area (Å²) in [4.78, 5) is 99.6. The quantitative estimate of drug-likeness (QED) is 0.0424. The van der Waals surface area contributed by atoms with E-state index in [1.165, 1.54) is 7.11 Å². The zero-order valence-electron chi connectivity index (χ0n) is 37.8. The second kappa shape index (κ2) is 28.2. The van der Waals surface area contributed by atoms with Crippen molar-refractivity contribution in [2.75, 3.05) is 66.4 Å². The number of ketones is 2. The molecule has 0 aromatic carbocycles. The molecule has 9 N–H and O–H groups in total. The molecule has 0 fully saturated rings. The molecule has 0 bridgehead atoms. The summed E-state index contributed by atoms with van der Waals surface area (Å²) in [6, 6.07) is -2.59. The number of carbonyl (C=O) groups excluding carboxylic acids is 7. The smallest absolute Gasteiger partial charge is 0.407 e. The Morgan fingerprint density at radius 2 is 1.31 bits per heavy atom. The lowest BCUT2D eigenvalue weighted by atomic mass is 9.88. The molecule has 5 amide bonds. The van der Waals surface area contributed by atoms with Crippen molar-refractivity contribution in [3.8, 4) is 0 Å². The van der Waals surface area contributed by atoms with Crippen LogP contribution in [0.3, 0.4) is 0 Å². The fourth-order valence-corrected chi connectivity index (χ4v) is 5.29. The van der Waals surface area contributed by atoms with E-state index in [0.717, 1.165) is 0 Å². The number of Topliss-reactive ketones (excluding diaryl/α,β-unsaturated/α-hetero) is 2. The van der Waals surface area contributed by atoms with Gasteiger partial charge in [-0.05, 0) is 74.1 Å². The lowest BCUT2D eigenvalue weighted by Gasteiger charge is -2.36. The van der Waals surface area contributed by atoms with Crippen molar-refractivity contribution in [2.45, 2.75) is 142 Å². The highest BCUT2D eigenvalue weighted by Gasteiger charge is 2.39. The molecule has 2 unspecified atom stereocenters. The van der Waals surface area contributed by atoms with Gasteiger partial charge in [0.2, 0.25) is 17.7 Å².